The molecule has 0 aliphatic heterocycles. The van der Waals surface area contributed by atoms with Crippen LogP contribution in [0.15, 0.2) is 4.99 Å². The van der Waals surface area contributed by atoms with E-state index in [1.54, 1.807) is 14.0 Å². The standard InChI is InChI=1S/C15H33N3O2S.HI/c1-6-8-9-10-15(3,4)13-18-14(16-5)17-11-12-21(19,20)7-2;/h6-13H2,1-5H3,(H2,16,17,18);1H. The summed E-state index contributed by atoms with van der Waals surface area (Å²) in [5.74, 6) is 1.000. The Morgan fingerprint density at radius 1 is 1.14 bits per heavy atom. The van der Waals surface area contributed by atoms with Crippen LogP contribution in [-0.2, 0) is 9.84 Å². The van der Waals surface area contributed by atoms with E-state index >= 15 is 0 Å². The molecule has 0 unspecified atom stereocenters. The maximum Gasteiger partial charge on any atom is 0.191 e. The Labute approximate surface area is 154 Å². The van der Waals surface area contributed by atoms with E-state index in [0.29, 0.717) is 12.5 Å². The summed E-state index contributed by atoms with van der Waals surface area (Å²) in [6, 6.07) is 0. The first kappa shape index (κ1) is 24.2. The average Bonchev–Trinajstić information content (AvgIpc) is 2.42. The van der Waals surface area contributed by atoms with Crippen LogP contribution in [0, 0.1) is 5.41 Å². The molecule has 7 heteroatoms. The number of unbranched alkanes of at least 4 members (excludes halogenated alkanes) is 2. The predicted octanol–water partition coefficient (Wildman–Crippen LogP) is 2.81. The molecule has 0 radical (unpaired) electrons. The number of hydrogen-bond acceptors (Lipinski definition) is 3. The van der Waals surface area contributed by atoms with E-state index < -0.39 is 9.84 Å². The lowest BCUT2D eigenvalue weighted by molar-refractivity contribution is 0.318. The second-order valence-electron chi connectivity index (χ2n) is 6.21. The van der Waals surface area contributed by atoms with Gasteiger partial charge >= 0.3 is 0 Å². The van der Waals surface area contributed by atoms with Crippen molar-refractivity contribution in [3.05, 3.63) is 0 Å². The quantitative estimate of drug-likeness (QED) is 0.234. The van der Waals surface area contributed by atoms with Crippen molar-refractivity contribution in [2.75, 3.05) is 31.6 Å². The predicted molar refractivity (Wildman–Crippen MR) is 107 cm³/mol. The molecule has 0 saturated heterocycles. The highest BCUT2D eigenvalue weighted by Crippen LogP contribution is 2.22. The van der Waals surface area contributed by atoms with Gasteiger partial charge < -0.3 is 10.6 Å². The molecule has 0 rings (SSSR count). The lowest BCUT2D eigenvalue weighted by atomic mass is 9.87. The molecule has 2 N–H and O–H groups in total. The van der Waals surface area contributed by atoms with Crippen LogP contribution in [-0.4, -0.2) is 46.0 Å². The molecule has 0 aliphatic carbocycles. The molecule has 0 heterocycles. The van der Waals surface area contributed by atoms with Gasteiger partial charge in [-0.1, -0.05) is 47.0 Å². The molecule has 134 valence electrons. The summed E-state index contributed by atoms with van der Waals surface area (Å²) in [4.78, 5) is 4.13. The molecule has 0 spiro atoms. The lowest BCUT2D eigenvalue weighted by Crippen LogP contribution is -2.43. The summed E-state index contributed by atoms with van der Waals surface area (Å²) >= 11 is 0. The minimum absolute atomic E-state index is 0. The maximum atomic E-state index is 11.4. The number of guanidine groups is 1. The molecule has 0 aromatic carbocycles. The highest BCUT2D eigenvalue weighted by molar-refractivity contribution is 14.0. The van der Waals surface area contributed by atoms with Gasteiger partial charge in [0.2, 0.25) is 0 Å². The Morgan fingerprint density at radius 2 is 1.77 bits per heavy atom. The average molecular weight is 447 g/mol. The van der Waals surface area contributed by atoms with E-state index in [4.69, 9.17) is 0 Å². The van der Waals surface area contributed by atoms with E-state index in [-0.39, 0.29) is 40.9 Å². The van der Waals surface area contributed by atoms with Crippen LogP contribution in [0.25, 0.3) is 0 Å². The van der Waals surface area contributed by atoms with Gasteiger partial charge in [0.15, 0.2) is 15.8 Å². The SMILES string of the molecule is CCCCCC(C)(C)CNC(=NC)NCCS(=O)(=O)CC.I. The molecule has 22 heavy (non-hydrogen) atoms. The summed E-state index contributed by atoms with van der Waals surface area (Å²) in [6.07, 6.45) is 4.92. The van der Waals surface area contributed by atoms with Crippen LogP contribution in [0.2, 0.25) is 0 Å². The third kappa shape index (κ3) is 12.5. The van der Waals surface area contributed by atoms with Crippen LogP contribution < -0.4 is 10.6 Å². The highest BCUT2D eigenvalue weighted by atomic mass is 127. The second-order valence-corrected chi connectivity index (χ2v) is 8.68. The van der Waals surface area contributed by atoms with Crippen molar-refractivity contribution in [3.8, 4) is 0 Å². The van der Waals surface area contributed by atoms with Crippen molar-refractivity contribution in [1.82, 2.24) is 10.6 Å². The van der Waals surface area contributed by atoms with Gasteiger partial charge in [0.1, 0.15) is 0 Å². The number of sulfone groups is 1. The summed E-state index contributed by atoms with van der Waals surface area (Å²) in [6.45, 7) is 9.58. The molecule has 0 bridgehead atoms. The number of rotatable bonds is 10. The Bertz CT molecular complexity index is 409. The third-order valence-corrected chi connectivity index (χ3v) is 5.27. The Kier molecular flexibility index (Phi) is 13.6. The van der Waals surface area contributed by atoms with Gasteiger partial charge in [-0.3, -0.25) is 4.99 Å². The van der Waals surface area contributed by atoms with Crippen molar-refractivity contribution in [3.63, 3.8) is 0 Å². The molecule has 0 saturated carbocycles. The van der Waals surface area contributed by atoms with E-state index in [9.17, 15) is 8.42 Å². The summed E-state index contributed by atoms with van der Waals surface area (Å²) in [7, 11) is -1.22. The van der Waals surface area contributed by atoms with Crippen LogP contribution in [0.1, 0.15) is 53.4 Å². The van der Waals surface area contributed by atoms with E-state index in [1.165, 1.54) is 25.7 Å². The number of hydrogen-bond donors (Lipinski definition) is 2. The minimum atomic E-state index is -2.93. The van der Waals surface area contributed by atoms with E-state index in [0.717, 1.165) is 6.54 Å². The maximum absolute atomic E-state index is 11.4. The monoisotopic (exact) mass is 447 g/mol. The molecule has 0 fully saturated rings. The molecular weight excluding hydrogens is 413 g/mol. The first-order valence-electron chi connectivity index (χ1n) is 7.91. The van der Waals surface area contributed by atoms with E-state index in [2.05, 4.69) is 36.4 Å². The second kappa shape index (κ2) is 12.4. The van der Waals surface area contributed by atoms with Gasteiger partial charge in [-0.25, -0.2) is 8.42 Å². The van der Waals surface area contributed by atoms with Crippen molar-refractivity contribution in [1.29, 1.82) is 0 Å². The zero-order valence-electron chi connectivity index (χ0n) is 14.7. The molecular formula is C15H34IN3O2S. The summed E-state index contributed by atoms with van der Waals surface area (Å²) in [5.41, 5.74) is 0.211. The zero-order valence-corrected chi connectivity index (χ0v) is 17.9. The number of nitrogens with one attached hydrogen (secondary N) is 2. The van der Waals surface area contributed by atoms with Gasteiger partial charge in [-0.15, -0.1) is 24.0 Å². The molecule has 0 amide bonds. The number of nitrogens with zero attached hydrogens (tertiary/aromatic N) is 1. The Balaban J connectivity index is 0. The fraction of sp³-hybridized carbons (Fsp3) is 0.933. The normalized spacial score (nSPS) is 12.7. The topological polar surface area (TPSA) is 70.6 Å². The van der Waals surface area contributed by atoms with Gasteiger partial charge in [-0.2, -0.15) is 0 Å². The summed E-state index contributed by atoms with van der Waals surface area (Å²) in [5, 5.41) is 6.34. The van der Waals surface area contributed by atoms with Crippen molar-refractivity contribution >= 4 is 39.8 Å². The lowest BCUT2D eigenvalue weighted by Gasteiger charge is -2.26. The first-order valence-corrected chi connectivity index (χ1v) is 9.73. The van der Waals surface area contributed by atoms with Gasteiger partial charge in [0.25, 0.3) is 0 Å². The molecule has 0 aromatic rings. The van der Waals surface area contributed by atoms with Gasteiger partial charge in [0.05, 0.1) is 5.75 Å². The Hall–Kier alpha value is -0.0500. The number of halogens is 1. The minimum Gasteiger partial charge on any atom is -0.356 e. The van der Waals surface area contributed by atoms with Gasteiger partial charge in [-0.05, 0) is 11.8 Å². The largest absolute Gasteiger partial charge is 0.356 e. The fourth-order valence-corrected chi connectivity index (χ4v) is 2.66. The van der Waals surface area contributed by atoms with Crippen molar-refractivity contribution in [2.45, 2.75) is 53.4 Å². The molecule has 0 atom stereocenters. The Morgan fingerprint density at radius 3 is 2.27 bits per heavy atom. The van der Waals surface area contributed by atoms with Crippen LogP contribution in [0.5, 0.6) is 0 Å². The van der Waals surface area contributed by atoms with Gasteiger partial charge in [0, 0.05) is 25.9 Å². The smallest absolute Gasteiger partial charge is 0.191 e. The van der Waals surface area contributed by atoms with Crippen molar-refractivity contribution in [2.24, 2.45) is 10.4 Å². The zero-order chi connectivity index (χ0) is 16.4. The molecule has 0 aliphatic rings. The fourth-order valence-electron chi connectivity index (χ4n) is 1.95. The molecule has 5 nitrogen and oxygen atoms in total. The first-order chi connectivity index (χ1) is 9.76. The highest BCUT2D eigenvalue weighted by Gasteiger charge is 2.17. The van der Waals surface area contributed by atoms with Crippen LogP contribution >= 0.6 is 24.0 Å². The van der Waals surface area contributed by atoms with Crippen molar-refractivity contribution < 1.29 is 8.42 Å². The third-order valence-electron chi connectivity index (χ3n) is 3.56. The summed E-state index contributed by atoms with van der Waals surface area (Å²) < 4.78 is 22.9. The molecule has 0 aromatic heterocycles. The van der Waals surface area contributed by atoms with Crippen LogP contribution in [0.3, 0.4) is 0 Å². The van der Waals surface area contributed by atoms with E-state index in [1.807, 2.05) is 0 Å². The van der Waals surface area contributed by atoms with Crippen LogP contribution in [0.4, 0.5) is 0 Å². The number of aliphatic imine (C=N–C) groups is 1.